The number of thiocarbonyl (C=S) groups is 1. The molecule has 35 heavy (non-hydrogen) atoms. The van der Waals surface area contributed by atoms with Crippen LogP contribution >= 0.6 is 24.0 Å². The van der Waals surface area contributed by atoms with Gasteiger partial charge in [0.15, 0.2) is 0 Å². The number of hydrogen-bond donors (Lipinski definition) is 0. The Morgan fingerprint density at radius 1 is 1.06 bits per heavy atom. The highest BCUT2D eigenvalue weighted by molar-refractivity contribution is 8.26. The molecule has 184 valence electrons. The average molecular weight is 507 g/mol. The molecule has 2 aromatic carbocycles. The fraction of sp³-hybridized carbons (Fsp3) is 0.414. The Morgan fingerprint density at radius 2 is 1.71 bits per heavy atom. The zero-order valence-corrected chi connectivity index (χ0v) is 22.5. The van der Waals surface area contributed by atoms with Crippen molar-refractivity contribution in [2.75, 3.05) is 19.6 Å². The highest BCUT2D eigenvalue weighted by atomic mass is 32.2. The number of carbonyl (C=O) groups excluding carboxylic acids is 2. The van der Waals surface area contributed by atoms with E-state index in [1.165, 1.54) is 22.9 Å². The molecule has 0 aliphatic carbocycles. The van der Waals surface area contributed by atoms with Crippen molar-refractivity contribution in [1.82, 2.24) is 9.80 Å². The van der Waals surface area contributed by atoms with Gasteiger partial charge in [0, 0.05) is 26.1 Å². The summed E-state index contributed by atoms with van der Waals surface area (Å²) < 4.78 is 0.530. The van der Waals surface area contributed by atoms with Crippen LogP contribution in [0.25, 0.3) is 6.08 Å². The molecule has 2 aliphatic heterocycles. The predicted molar refractivity (Wildman–Crippen MR) is 149 cm³/mol. The van der Waals surface area contributed by atoms with E-state index in [1.807, 2.05) is 29.2 Å². The van der Waals surface area contributed by atoms with E-state index in [4.69, 9.17) is 12.2 Å². The average Bonchev–Trinajstić information content (AvgIpc) is 3.10. The summed E-state index contributed by atoms with van der Waals surface area (Å²) in [7, 11) is 0. The molecule has 2 aromatic rings. The van der Waals surface area contributed by atoms with Crippen molar-refractivity contribution in [3.05, 3.63) is 76.2 Å². The second-order valence-electron chi connectivity index (χ2n) is 10.5. The number of nitrogens with zero attached hydrogens (tertiary/aromatic N) is 2. The summed E-state index contributed by atoms with van der Waals surface area (Å²) in [6.07, 6.45) is 5.33. The van der Waals surface area contributed by atoms with Crippen molar-refractivity contribution in [3.63, 3.8) is 0 Å². The van der Waals surface area contributed by atoms with E-state index < -0.39 is 0 Å². The predicted octanol–water partition coefficient (Wildman–Crippen LogP) is 6.06. The first-order valence-corrected chi connectivity index (χ1v) is 13.6. The lowest BCUT2D eigenvalue weighted by molar-refractivity contribution is -0.133. The van der Waals surface area contributed by atoms with Gasteiger partial charge in [-0.15, -0.1) is 0 Å². The molecule has 2 saturated heterocycles. The third kappa shape index (κ3) is 6.62. The molecule has 2 aliphatic rings. The van der Waals surface area contributed by atoms with Gasteiger partial charge in [-0.25, -0.2) is 0 Å². The number of thioether (sulfide) groups is 1. The van der Waals surface area contributed by atoms with Crippen molar-refractivity contribution in [2.24, 2.45) is 5.92 Å². The number of benzene rings is 2. The number of piperidine rings is 1. The van der Waals surface area contributed by atoms with E-state index in [0.29, 0.717) is 28.1 Å². The zero-order chi connectivity index (χ0) is 25.0. The molecule has 2 fully saturated rings. The zero-order valence-electron chi connectivity index (χ0n) is 20.8. The van der Waals surface area contributed by atoms with E-state index in [2.05, 4.69) is 57.2 Å². The maximum absolute atomic E-state index is 13.0. The van der Waals surface area contributed by atoms with Gasteiger partial charge >= 0.3 is 0 Å². The van der Waals surface area contributed by atoms with Crippen LogP contribution in [0.15, 0.2) is 59.5 Å². The van der Waals surface area contributed by atoms with Gasteiger partial charge in [-0.3, -0.25) is 14.5 Å². The summed E-state index contributed by atoms with van der Waals surface area (Å²) in [6.45, 7) is 8.47. The molecule has 0 radical (unpaired) electrons. The van der Waals surface area contributed by atoms with Crippen molar-refractivity contribution >= 4 is 46.2 Å². The molecule has 0 saturated carbocycles. The number of likely N-dealkylation sites (tertiary alicyclic amines) is 1. The van der Waals surface area contributed by atoms with Crippen LogP contribution in [-0.2, 0) is 21.4 Å². The first kappa shape index (κ1) is 25.6. The smallest absolute Gasteiger partial charge is 0.266 e. The van der Waals surface area contributed by atoms with E-state index in [-0.39, 0.29) is 17.2 Å². The van der Waals surface area contributed by atoms with Crippen molar-refractivity contribution in [2.45, 2.75) is 51.9 Å². The van der Waals surface area contributed by atoms with Crippen LogP contribution in [0.2, 0.25) is 0 Å². The molecular weight excluding hydrogens is 472 g/mol. The molecule has 2 amide bonds. The number of carbonyl (C=O) groups is 2. The molecule has 0 unspecified atom stereocenters. The topological polar surface area (TPSA) is 40.6 Å². The quantitative estimate of drug-likeness (QED) is 0.353. The van der Waals surface area contributed by atoms with Crippen LogP contribution in [0.5, 0.6) is 0 Å². The van der Waals surface area contributed by atoms with Crippen LogP contribution in [0, 0.1) is 5.92 Å². The molecule has 0 atom stereocenters. The largest absolute Gasteiger partial charge is 0.343 e. The first-order valence-electron chi connectivity index (χ1n) is 12.4. The number of rotatable bonds is 6. The Kier molecular flexibility index (Phi) is 8.12. The highest BCUT2D eigenvalue weighted by Crippen LogP contribution is 2.33. The minimum atomic E-state index is -0.103. The Labute approximate surface area is 218 Å². The Balaban J connectivity index is 1.27. The minimum absolute atomic E-state index is 0.0890. The van der Waals surface area contributed by atoms with Gasteiger partial charge in [0.2, 0.25) is 5.91 Å². The molecule has 2 heterocycles. The number of hydrogen-bond acceptors (Lipinski definition) is 4. The van der Waals surface area contributed by atoms with Crippen molar-refractivity contribution in [1.29, 1.82) is 0 Å². The van der Waals surface area contributed by atoms with E-state index in [9.17, 15) is 9.59 Å². The third-order valence-corrected chi connectivity index (χ3v) is 8.21. The molecule has 0 spiro atoms. The maximum atomic E-state index is 13.0. The van der Waals surface area contributed by atoms with Crippen molar-refractivity contribution in [3.8, 4) is 0 Å². The molecule has 6 heteroatoms. The van der Waals surface area contributed by atoms with E-state index >= 15 is 0 Å². The summed E-state index contributed by atoms with van der Waals surface area (Å²) in [5, 5.41) is 0. The van der Waals surface area contributed by atoms with Gasteiger partial charge < -0.3 is 4.90 Å². The Hall–Kier alpha value is -2.44. The fourth-order valence-electron chi connectivity index (χ4n) is 4.62. The van der Waals surface area contributed by atoms with Crippen LogP contribution < -0.4 is 0 Å². The lowest BCUT2D eigenvalue weighted by atomic mass is 9.87. The second-order valence-corrected chi connectivity index (χ2v) is 12.1. The maximum Gasteiger partial charge on any atom is 0.266 e. The van der Waals surface area contributed by atoms with Crippen LogP contribution in [0.4, 0.5) is 0 Å². The summed E-state index contributed by atoms with van der Waals surface area (Å²) in [5.74, 6) is 0.629. The summed E-state index contributed by atoms with van der Waals surface area (Å²) in [6, 6.07) is 18.9. The lowest BCUT2D eigenvalue weighted by Gasteiger charge is -2.32. The molecule has 0 aromatic heterocycles. The SMILES string of the molecule is CC(C)(C)c1ccc(C=C2SC(=S)N(CCC(=O)N3CCC(Cc4ccccc4)CC3)C2=O)cc1. The van der Waals surface area contributed by atoms with Gasteiger partial charge in [0.25, 0.3) is 5.91 Å². The summed E-state index contributed by atoms with van der Waals surface area (Å²) in [5.41, 5.74) is 3.69. The standard InChI is InChI=1S/C29H34N2O2S2/c1-29(2,3)24-11-9-22(10-12-24)20-25-27(33)31(28(34)35-25)18-15-26(32)30-16-13-23(14-17-30)19-21-7-5-4-6-8-21/h4-12,20,23H,13-19H2,1-3H3. The highest BCUT2D eigenvalue weighted by Gasteiger charge is 2.33. The van der Waals surface area contributed by atoms with Gasteiger partial charge in [-0.2, -0.15) is 0 Å². The Morgan fingerprint density at radius 3 is 2.34 bits per heavy atom. The summed E-state index contributed by atoms with van der Waals surface area (Å²) >= 11 is 6.79. The molecule has 0 bridgehead atoms. The third-order valence-electron chi connectivity index (χ3n) is 6.83. The normalized spacial score (nSPS) is 18.5. The minimum Gasteiger partial charge on any atom is -0.343 e. The molecular formula is C29H34N2O2S2. The molecule has 4 nitrogen and oxygen atoms in total. The van der Waals surface area contributed by atoms with Gasteiger partial charge in [0.05, 0.1) is 4.91 Å². The Bertz CT molecular complexity index is 1100. The molecule has 0 N–H and O–H groups in total. The fourth-order valence-corrected chi connectivity index (χ4v) is 5.93. The van der Waals surface area contributed by atoms with Crippen LogP contribution in [0.1, 0.15) is 56.7 Å². The van der Waals surface area contributed by atoms with Gasteiger partial charge in [0.1, 0.15) is 4.32 Å². The van der Waals surface area contributed by atoms with Crippen LogP contribution in [-0.4, -0.2) is 45.6 Å². The van der Waals surface area contributed by atoms with Crippen LogP contribution in [0.3, 0.4) is 0 Å². The number of amides is 2. The lowest BCUT2D eigenvalue weighted by Crippen LogP contribution is -2.41. The van der Waals surface area contributed by atoms with Gasteiger partial charge in [-0.05, 0) is 53.4 Å². The first-order chi connectivity index (χ1) is 16.7. The van der Waals surface area contributed by atoms with Gasteiger partial charge in [-0.1, -0.05) is 99.3 Å². The molecule has 4 rings (SSSR count). The monoisotopic (exact) mass is 506 g/mol. The summed E-state index contributed by atoms with van der Waals surface area (Å²) in [4.78, 5) is 30.0. The second kappa shape index (κ2) is 11.1. The van der Waals surface area contributed by atoms with E-state index in [1.54, 1.807) is 4.90 Å². The van der Waals surface area contributed by atoms with E-state index in [0.717, 1.165) is 37.9 Å². The van der Waals surface area contributed by atoms with Crippen molar-refractivity contribution < 1.29 is 9.59 Å².